The fourth-order valence-electron chi connectivity index (χ4n) is 1.89. The standard InChI is InChI=1S/C16H15F3N4O3S2/c1-23(13-10-11(16(17,18)19)5-6-12(13)22-20)26-15(24)25-8-9-27-28-14-4-2-3-7-21-14/h2-7,10,20H,8-9H2,1H3. The summed E-state index contributed by atoms with van der Waals surface area (Å²) >= 11 is 0. The normalized spacial score (nSPS) is 11.0. The van der Waals surface area contributed by atoms with Gasteiger partial charge in [-0.15, -0.1) is 0 Å². The number of hydroxylamine groups is 1. The molecular weight excluding hydrogens is 417 g/mol. The minimum Gasteiger partial charge on any atom is -0.432 e. The van der Waals surface area contributed by atoms with E-state index in [-0.39, 0.29) is 18.0 Å². The summed E-state index contributed by atoms with van der Waals surface area (Å²) in [5.74, 6) is 0.455. The highest BCUT2D eigenvalue weighted by molar-refractivity contribution is 8.76. The van der Waals surface area contributed by atoms with Crippen LogP contribution in [0.3, 0.4) is 0 Å². The number of halogens is 3. The fourth-order valence-corrected chi connectivity index (χ4v) is 3.60. The van der Waals surface area contributed by atoms with Gasteiger partial charge in [0, 0.05) is 19.0 Å². The van der Waals surface area contributed by atoms with E-state index in [0.717, 1.165) is 28.3 Å². The molecule has 0 unspecified atom stereocenters. The molecule has 0 saturated carbocycles. The van der Waals surface area contributed by atoms with E-state index in [2.05, 4.69) is 10.1 Å². The Kier molecular flexibility index (Phi) is 7.93. The molecule has 0 amide bonds. The third-order valence-corrected chi connectivity index (χ3v) is 5.37. The molecule has 0 fully saturated rings. The van der Waals surface area contributed by atoms with Crippen molar-refractivity contribution in [1.82, 2.24) is 4.98 Å². The van der Waals surface area contributed by atoms with E-state index in [1.54, 1.807) is 12.3 Å². The third kappa shape index (κ3) is 6.60. The number of pyridine rings is 1. The van der Waals surface area contributed by atoms with Gasteiger partial charge in [0.2, 0.25) is 0 Å². The van der Waals surface area contributed by atoms with Crippen molar-refractivity contribution in [2.75, 3.05) is 24.5 Å². The number of carbonyl (C=O) groups is 1. The van der Waals surface area contributed by atoms with Crippen LogP contribution in [0.2, 0.25) is 0 Å². The van der Waals surface area contributed by atoms with E-state index in [0.29, 0.717) is 5.75 Å². The Morgan fingerprint density at radius 2 is 2.11 bits per heavy atom. The minimum absolute atomic E-state index is 0.0371. The summed E-state index contributed by atoms with van der Waals surface area (Å²) in [7, 11) is 4.05. The highest BCUT2D eigenvalue weighted by Gasteiger charge is 2.32. The maximum atomic E-state index is 12.9. The van der Waals surface area contributed by atoms with Crippen LogP contribution in [-0.2, 0) is 15.8 Å². The lowest BCUT2D eigenvalue weighted by Gasteiger charge is -2.20. The molecule has 150 valence electrons. The molecule has 0 aliphatic carbocycles. The van der Waals surface area contributed by atoms with Crippen molar-refractivity contribution in [2.45, 2.75) is 11.2 Å². The molecule has 0 saturated heterocycles. The molecule has 0 aliphatic rings. The first-order valence-corrected chi connectivity index (χ1v) is 10.0. The Balaban J connectivity index is 1.84. The first kappa shape index (κ1) is 21.8. The fraction of sp³-hybridized carbons (Fsp3) is 0.250. The number of anilines is 1. The predicted molar refractivity (Wildman–Crippen MR) is 99.6 cm³/mol. The van der Waals surface area contributed by atoms with Crippen LogP contribution < -0.4 is 5.06 Å². The van der Waals surface area contributed by atoms with Gasteiger partial charge in [-0.3, -0.25) is 0 Å². The first-order chi connectivity index (χ1) is 13.3. The number of rotatable bonds is 8. The molecule has 12 heteroatoms. The van der Waals surface area contributed by atoms with Gasteiger partial charge < -0.3 is 9.57 Å². The van der Waals surface area contributed by atoms with Crippen molar-refractivity contribution >= 4 is 39.1 Å². The first-order valence-electron chi connectivity index (χ1n) is 7.69. The van der Waals surface area contributed by atoms with Gasteiger partial charge in [-0.05, 0) is 41.1 Å². The molecule has 1 heterocycles. The average molecular weight is 432 g/mol. The van der Waals surface area contributed by atoms with Gasteiger partial charge in [0.1, 0.15) is 23.0 Å². The summed E-state index contributed by atoms with van der Waals surface area (Å²) in [6, 6.07) is 8.03. The number of hydrogen-bond acceptors (Lipinski definition) is 9. The van der Waals surface area contributed by atoms with Crippen LogP contribution in [0.15, 0.2) is 52.7 Å². The minimum atomic E-state index is -4.58. The van der Waals surface area contributed by atoms with Gasteiger partial charge >= 0.3 is 12.3 Å². The second-order valence-electron chi connectivity index (χ2n) is 5.07. The zero-order valence-corrected chi connectivity index (χ0v) is 16.1. The van der Waals surface area contributed by atoms with E-state index >= 15 is 0 Å². The van der Waals surface area contributed by atoms with Crippen molar-refractivity contribution in [3.63, 3.8) is 0 Å². The lowest BCUT2D eigenvalue weighted by Crippen LogP contribution is -2.24. The molecule has 0 spiro atoms. The summed E-state index contributed by atoms with van der Waals surface area (Å²) in [5, 5.41) is 4.72. The molecule has 0 radical (unpaired) electrons. The summed E-state index contributed by atoms with van der Waals surface area (Å²) in [5.41, 5.74) is 5.81. The molecule has 0 atom stereocenters. The van der Waals surface area contributed by atoms with Crippen molar-refractivity contribution in [2.24, 2.45) is 5.11 Å². The van der Waals surface area contributed by atoms with Gasteiger partial charge in [0.15, 0.2) is 0 Å². The largest absolute Gasteiger partial charge is 0.533 e. The average Bonchev–Trinajstić information content (AvgIpc) is 2.67. The molecular formula is C16H15F3N4O3S2. The Bertz CT molecular complexity index is 809. The van der Waals surface area contributed by atoms with Gasteiger partial charge in [0.05, 0.1) is 5.56 Å². The summed E-state index contributed by atoms with van der Waals surface area (Å²) < 4.78 is 43.4. The van der Waals surface area contributed by atoms with E-state index in [9.17, 15) is 18.0 Å². The van der Waals surface area contributed by atoms with Gasteiger partial charge in [-0.2, -0.15) is 18.3 Å². The summed E-state index contributed by atoms with van der Waals surface area (Å²) in [6.07, 6.45) is -4.00. The van der Waals surface area contributed by atoms with Crippen LogP contribution in [0.1, 0.15) is 5.56 Å². The Labute approximate surface area is 166 Å². The number of aromatic nitrogens is 1. The molecule has 1 N–H and O–H groups in total. The number of ether oxygens (including phenoxy) is 1. The third-order valence-electron chi connectivity index (χ3n) is 3.14. The zero-order valence-electron chi connectivity index (χ0n) is 14.5. The summed E-state index contributed by atoms with van der Waals surface area (Å²) in [6.45, 7) is 0.0371. The highest BCUT2D eigenvalue weighted by Crippen LogP contribution is 2.36. The lowest BCUT2D eigenvalue weighted by atomic mass is 10.1. The number of carbonyl (C=O) groups excluding carboxylic acids is 1. The van der Waals surface area contributed by atoms with E-state index in [4.69, 9.17) is 15.1 Å². The van der Waals surface area contributed by atoms with Crippen LogP contribution in [0, 0.1) is 5.53 Å². The molecule has 1 aromatic carbocycles. The second kappa shape index (κ2) is 10.2. The monoisotopic (exact) mass is 432 g/mol. The number of alkyl halides is 3. The van der Waals surface area contributed by atoms with Crippen LogP contribution in [0.5, 0.6) is 0 Å². The number of nitrogens with one attached hydrogen (secondary N) is 1. The smallest absolute Gasteiger partial charge is 0.432 e. The topological polar surface area (TPSA) is 87.9 Å². The molecule has 7 nitrogen and oxygen atoms in total. The SMILES string of the molecule is CN(OC(=O)OCCSSc1ccccn1)c1cc(C(F)(F)F)ccc1N=N. The molecule has 2 aromatic rings. The zero-order chi connectivity index (χ0) is 20.6. The number of nitrogens with zero attached hydrogens (tertiary/aromatic N) is 3. The predicted octanol–water partition coefficient (Wildman–Crippen LogP) is 5.71. The number of hydrogen-bond donors (Lipinski definition) is 1. The lowest BCUT2D eigenvalue weighted by molar-refractivity contribution is -0.137. The van der Waals surface area contributed by atoms with E-state index in [1.165, 1.54) is 28.6 Å². The Morgan fingerprint density at radius 1 is 1.32 bits per heavy atom. The number of benzene rings is 1. The van der Waals surface area contributed by atoms with Crippen molar-refractivity contribution in [1.29, 1.82) is 5.53 Å². The van der Waals surface area contributed by atoms with E-state index in [1.807, 2.05) is 12.1 Å². The molecule has 1 aromatic heterocycles. The molecule has 0 bridgehead atoms. The molecule has 28 heavy (non-hydrogen) atoms. The highest BCUT2D eigenvalue weighted by atomic mass is 33.1. The molecule has 0 aliphatic heterocycles. The second-order valence-corrected chi connectivity index (χ2v) is 7.51. The Hall–Kier alpha value is -2.47. The van der Waals surface area contributed by atoms with Gasteiger partial charge in [-0.1, -0.05) is 16.9 Å². The van der Waals surface area contributed by atoms with Gasteiger partial charge in [0.25, 0.3) is 0 Å². The van der Waals surface area contributed by atoms with Crippen molar-refractivity contribution in [3.8, 4) is 0 Å². The van der Waals surface area contributed by atoms with Crippen LogP contribution in [0.4, 0.5) is 29.3 Å². The van der Waals surface area contributed by atoms with Crippen LogP contribution in [-0.4, -0.2) is 30.5 Å². The van der Waals surface area contributed by atoms with Gasteiger partial charge in [-0.25, -0.2) is 20.4 Å². The van der Waals surface area contributed by atoms with Crippen molar-refractivity contribution < 1.29 is 27.5 Å². The maximum absolute atomic E-state index is 12.9. The van der Waals surface area contributed by atoms with Crippen LogP contribution >= 0.6 is 21.6 Å². The molecule has 2 rings (SSSR count). The van der Waals surface area contributed by atoms with E-state index < -0.39 is 17.9 Å². The van der Waals surface area contributed by atoms with Crippen molar-refractivity contribution in [3.05, 3.63) is 48.2 Å². The summed E-state index contributed by atoms with van der Waals surface area (Å²) in [4.78, 5) is 20.7. The van der Waals surface area contributed by atoms with Crippen LogP contribution in [0.25, 0.3) is 0 Å². The Morgan fingerprint density at radius 3 is 2.75 bits per heavy atom. The maximum Gasteiger partial charge on any atom is 0.533 e. The quantitative estimate of drug-likeness (QED) is 0.188.